The molecule has 4 aromatic rings. The number of sulfonamides is 1. The van der Waals surface area contributed by atoms with Gasteiger partial charge in [-0.25, -0.2) is 21.5 Å². The van der Waals surface area contributed by atoms with E-state index in [4.69, 9.17) is 0 Å². The van der Waals surface area contributed by atoms with E-state index in [1.807, 2.05) is 0 Å². The van der Waals surface area contributed by atoms with Crippen LogP contribution in [0.4, 0.5) is 17.1 Å². The molecule has 1 aromatic heterocycles. The molecule has 0 spiro atoms. The van der Waals surface area contributed by atoms with Crippen molar-refractivity contribution in [3.8, 4) is 5.69 Å². The van der Waals surface area contributed by atoms with Crippen molar-refractivity contribution in [2.75, 3.05) is 4.72 Å². The van der Waals surface area contributed by atoms with Crippen LogP contribution < -0.4 is 175 Å². The van der Waals surface area contributed by atoms with Gasteiger partial charge in [0.1, 0.15) is 10.1 Å². The van der Waals surface area contributed by atoms with Crippen LogP contribution in [-0.4, -0.2) is 43.1 Å². The first-order chi connectivity index (χ1) is 19.2. The Kier molecular flexibility index (Phi) is 16.4. The number of benzene rings is 3. The Hall–Kier alpha value is -0.221. The molecule has 0 aliphatic heterocycles. The predicted molar refractivity (Wildman–Crippen MR) is 136 cm³/mol. The maximum atomic E-state index is 12.9. The fourth-order valence-corrected chi connectivity index (χ4v) is 5.11. The van der Waals surface area contributed by atoms with Crippen LogP contribution in [0.15, 0.2) is 91.5 Å². The number of azo groups is 1. The van der Waals surface area contributed by atoms with E-state index in [9.17, 15) is 46.0 Å². The number of rotatable bonds is 9. The summed E-state index contributed by atoms with van der Waals surface area (Å²) in [5, 5.41) is 32.9. The number of carbonyl (C=O) groups excluding carboxylic acids is 2. The van der Waals surface area contributed by atoms with E-state index in [1.54, 1.807) is 0 Å². The molecule has 0 aliphatic carbocycles. The van der Waals surface area contributed by atoms with Gasteiger partial charge >= 0.3 is 154 Å². The summed E-state index contributed by atoms with van der Waals surface area (Å²) in [5.41, 5.74) is -1.91. The fourth-order valence-electron chi connectivity index (χ4n) is 3.56. The number of hydrogen-bond acceptors (Lipinski definition) is 12. The first-order valence-corrected chi connectivity index (χ1v) is 14.1. The van der Waals surface area contributed by atoms with Gasteiger partial charge in [-0.2, -0.15) is 5.11 Å². The van der Waals surface area contributed by atoms with E-state index in [0.29, 0.717) is 0 Å². The van der Waals surface area contributed by atoms with E-state index in [-0.39, 0.29) is 187 Å². The number of aromatic amines is 1. The van der Waals surface area contributed by atoms with Gasteiger partial charge in [0.2, 0.25) is 0 Å². The quantitative estimate of drug-likeness (QED) is 0.0941. The Morgan fingerprint density at radius 3 is 1.91 bits per heavy atom. The molecule has 3 aromatic carbocycles. The van der Waals surface area contributed by atoms with Crippen LogP contribution in [0.5, 0.6) is 0 Å². The average Bonchev–Trinajstić information content (AvgIpc) is 3.19. The van der Waals surface area contributed by atoms with Crippen LogP contribution in [0.25, 0.3) is 5.69 Å². The summed E-state index contributed by atoms with van der Waals surface area (Å²) in [6.45, 7) is 1.51. The molecule has 0 unspecified atom stereocenters. The van der Waals surface area contributed by atoms with Gasteiger partial charge in [-0.1, -0.05) is 6.07 Å². The Morgan fingerprint density at radius 2 is 1.39 bits per heavy atom. The Balaban J connectivity index is 0.00000323. The van der Waals surface area contributed by atoms with Gasteiger partial charge in [0.05, 0.1) is 44.5 Å². The van der Waals surface area contributed by atoms with Crippen molar-refractivity contribution in [3.05, 3.63) is 93.9 Å². The summed E-state index contributed by atoms with van der Waals surface area (Å²) in [7, 11) is -9.06. The van der Waals surface area contributed by atoms with Gasteiger partial charge in [-0.15, -0.1) is 5.11 Å². The van der Waals surface area contributed by atoms with Gasteiger partial charge in [0, 0.05) is 0 Å². The number of carboxylic acids is 2. The van der Waals surface area contributed by atoms with Crippen molar-refractivity contribution in [3.63, 3.8) is 0 Å². The number of aryl methyl sites for hydroxylation is 1. The SMILES string of the molecule is Cc1[nH]n(-c2ccc(S(=O)(=O)[O-])cc2)c(=O)c1N=Nc1cccc(S(=O)(=O)Nc2cc(C(=O)[O-])cc(C(=O)[O-])c2)c1.[K+].[K+].[K+]. The number of carbonyl (C=O) groups is 2. The second-order valence-corrected chi connectivity index (χ2v) is 11.4. The van der Waals surface area contributed by atoms with Gasteiger partial charge in [-0.05, 0) is 78.7 Å². The Labute approximate surface area is 378 Å². The Morgan fingerprint density at radius 1 is 0.818 bits per heavy atom. The summed E-state index contributed by atoms with van der Waals surface area (Å²) in [4.78, 5) is 34.4. The average molecular weight is 716 g/mol. The largest absolute Gasteiger partial charge is 1.00 e. The molecular formula is C24H16K3N5O10S2. The number of aromatic nitrogens is 2. The molecule has 0 saturated carbocycles. The van der Waals surface area contributed by atoms with Crippen LogP contribution in [0.2, 0.25) is 0 Å². The monoisotopic (exact) mass is 715 g/mol. The van der Waals surface area contributed by atoms with E-state index < -0.39 is 53.7 Å². The minimum Gasteiger partial charge on any atom is -0.744 e. The third kappa shape index (κ3) is 10.4. The van der Waals surface area contributed by atoms with Crippen LogP contribution in [0.1, 0.15) is 26.4 Å². The summed E-state index contributed by atoms with van der Waals surface area (Å²) < 4.78 is 62.4. The number of H-pyrrole nitrogens is 1. The van der Waals surface area contributed by atoms with Crippen molar-refractivity contribution in [1.29, 1.82) is 0 Å². The third-order valence-electron chi connectivity index (χ3n) is 5.47. The molecule has 0 saturated heterocycles. The zero-order valence-electron chi connectivity index (χ0n) is 23.6. The molecule has 0 aliphatic rings. The third-order valence-corrected chi connectivity index (χ3v) is 7.70. The first kappa shape index (κ1) is 41.8. The second-order valence-electron chi connectivity index (χ2n) is 8.35. The smallest absolute Gasteiger partial charge is 0.744 e. The summed E-state index contributed by atoms with van der Waals surface area (Å²) in [6, 6.07) is 12.0. The van der Waals surface area contributed by atoms with E-state index in [1.165, 1.54) is 37.3 Å². The predicted octanol–water partition coefficient (Wildman–Crippen LogP) is -8.67. The number of nitrogens with zero attached hydrogens (tertiary/aromatic N) is 3. The standard InChI is InChI=1S/C24H19N5O10S2.3K/c1-13-21(22(30)29(27-13)18-5-7-19(8-6-18)41(37,38)39)26-25-16-3-2-4-20(12-16)40(35,36)28-17-10-14(23(31)32)9-15(11-17)24(33)34;;;/h2-12,27-28H,1H3,(H,31,32)(H,33,34)(H,37,38,39);;;/q;3*+1/p-3. The Bertz CT molecular complexity index is 1980. The molecule has 44 heavy (non-hydrogen) atoms. The summed E-state index contributed by atoms with van der Waals surface area (Å²) in [5.74, 6) is -3.47. The molecular weight excluding hydrogens is 700 g/mol. The second kappa shape index (κ2) is 17.3. The van der Waals surface area contributed by atoms with E-state index in [2.05, 4.69) is 20.0 Å². The molecule has 1 heterocycles. The topological polar surface area (TPSA) is 246 Å². The van der Waals surface area contributed by atoms with Gasteiger partial charge in [-0.3, -0.25) is 14.6 Å². The minimum absolute atomic E-state index is 0. The molecule has 0 fully saturated rings. The van der Waals surface area contributed by atoms with Gasteiger partial charge in [0.25, 0.3) is 15.6 Å². The molecule has 0 amide bonds. The molecule has 0 bridgehead atoms. The van der Waals surface area contributed by atoms with E-state index in [0.717, 1.165) is 41.1 Å². The maximum Gasteiger partial charge on any atom is 1.00 e. The molecule has 0 atom stereocenters. The van der Waals surface area contributed by atoms with Gasteiger partial charge in [0.15, 0.2) is 5.69 Å². The number of carboxylic acid groups (broad SMARTS) is 2. The number of nitrogens with one attached hydrogen (secondary N) is 2. The number of aromatic carboxylic acids is 2. The van der Waals surface area contributed by atoms with Crippen LogP contribution in [0.3, 0.4) is 0 Å². The van der Waals surface area contributed by atoms with Crippen LogP contribution in [0, 0.1) is 6.92 Å². The number of hydrogen-bond donors (Lipinski definition) is 2. The minimum atomic E-state index is -4.68. The summed E-state index contributed by atoms with van der Waals surface area (Å²) in [6.07, 6.45) is 0. The van der Waals surface area contributed by atoms with Gasteiger partial charge < -0.3 is 24.4 Å². The van der Waals surface area contributed by atoms with Crippen molar-refractivity contribution < 1.29 is 195 Å². The zero-order chi connectivity index (χ0) is 30.1. The maximum absolute atomic E-state index is 12.9. The normalized spacial score (nSPS) is 11.1. The van der Waals surface area contributed by atoms with Crippen molar-refractivity contribution in [2.24, 2.45) is 10.2 Å². The molecule has 15 nitrogen and oxygen atoms in total. The first-order valence-electron chi connectivity index (χ1n) is 11.2. The number of anilines is 1. The van der Waals surface area contributed by atoms with Crippen LogP contribution >= 0.6 is 0 Å². The zero-order valence-corrected chi connectivity index (χ0v) is 34.6. The van der Waals surface area contributed by atoms with E-state index >= 15 is 0 Å². The van der Waals surface area contributed by atoms with Crippen molar-refractivity contribution in [1.82, 2.24) is 9.78 Å². The van der Waals surface area contributed by atoms with Crippen molar-refractivity contribution in [2.45, 2.75) is 16.7 Å². The summed E-state index contributed by atoms with van der Waals surface area (Å²) >= 11 is 0. The fraction of sp³-hybridized carbons (Fsp3) is 0.0417. The molecule has 4 rings (SSSR count). The van der Waals surface area contributed by atoms with Crippen LogP contribution in [-0.2, 0) is 20.1 Å². The molecule has 2 N–H and O–H groups in total. The molecule has 0 radical (unpaired) electrons. The molecule has 20 heteroatoms. The van der Waals surface area contributed by atoms with Crippen molar-refractivity contribution >= 4 is 49.1 Å². The molecule has 212 valence electrons.